The summed E-state index contributed by atoms with van der Waals surface area (Å²) in [7, 11) is 3.43. The molecular weight excluding hydrogens is 214 g/mol. The van der Waals surface area contributed by atoms with E-state index in [0.717, 1.165) is 0 Å². The van der Waals surface area contributed by atoms with Gasteiger partial charge in [-0.1, -0.05) is 0 Å². The Hall–Kier alpha value is -1.17. The van der Waals surface area contributed by atoms with Crippen molar-refractivity contribution in [1.82, 2.24) is 10.3 Å². The molecule has 5 nitrogen and oxygen atoms in total. The molecule has 0 aliphatic heterocycles. The van der Waals surface area contributed by atoms with E-state index >= 15 is 0 Å². The Morgan fingerprint density at radius 2 is 2.20 bits per heavy atom. The maximum atomic E-state index is 11.1. The van der Waals surface area contributed by atoms with E-state index in [1.54, 1.807) is 27.9 Å². The van der Waals surface area contributed by atoms with Crippen molar-refractivity contribution in [3.8, 4) is 0 Å². The zero-order valence-corrected chi connectivity index (χ0v) is 10.3. The number of nitrogens with zero attached hydrogens (tertiary/aromatic N) is 2. The first-order valence-electron chi connectivity index (χ1n) is 4.66. The highest BCUT2D eigenvalue weighted by atomic mass is 32.1. The highest BCUT2D eigenvalue weighted by Gasteiger charge is 2.06. The van der Waals surface area contributed by atoms with Crippen molar-refractivity contribution in [3.63, 3.8) is 0 Å². The Balaban J connectivity index is 4.19. The van der Waals surface area contributed by atoms with Gasteiger partial charge in [-0.25, -0.2) is 5.01 Å². The summed E-state index contributed by atoms with van der Waals surface area (Å²) in [6.45, 7) is 3.91. The lowest BCUT2D eigenvalue weighted by Gasteiger charge is -2.14. The first-order chi connectivity index (χ1) is 7.01. The van der Waals surface area contributed by atoms with Gasteiger partial charge in [0.2, 0.25) is 0 Å². The van der Waals surface area contributed by atoms with Crippen LogP contribution in [0.15, 0.2) is 5.10 Å². The summed E-state index contributed by atoms with van der Waals surface area (Å²) >= 11 is 4.95. The number of esters is 1. The number of ether oxygens (including phenoxy) is 1. The number of rotatable bonds is 4. The fourth-order valence-corrected chi connectivity index (χ4v) is 0.960. The SMILES string of the molecule is CCOC(=O)CC(C)=NN(C)C(=S)NC. The molecule has 86 valence electrons. The lowest BCUT2D eigenvalue weighted by atomic mass is 10.3. The van der Waals surface area contributed by atoms with E-state index < -0.39 is 0 Å². The first-order valence-corrected chi connectivity index (χ1v) is 5.07. The van der Waals surface area contributed by atoms with Gasteiger partial charge in [-0.05, 0) is 26.1 Å². The summed E-state index contributed by atoms with van der Waals surface area (Å²) < 4.78 is 4.79. The average Bonchev–Trinajstić information content (AvgIpc) is 2.16. The minimum atomic E-state index is -0.275. The van der Waals surface area contributed by atoms with E-state index in [4.69, 9.17) is 17.0 Å². The average molecular weight is 231 g/mol. The molecule has 0 fully saturated rings. The largest absolute Gasteiger partial charge is 0.466 e. The molecule has 0 aliphatic carbocycles. The second-order valence-electron chi connectivity index (χ2n) is 2.90. The molecule has 0 saturated carbocycles. The number of hydrogen-bond donors (Lipinski definition) is 1. The molecule has 0 bridgehead atoms. The van der Waals surface area contributed by atoms with Crippen molar-refractivity contribution in [2.75, 3.05) is 20.7 Å². The maximum Gasteiger partial charge on any atom is 0.311 e. The van der Waals surface area contributed by atoms with E-state index in [2.05, 4.69) is 10.4 Å². The van der Waals surface area contributed by atoms with E-state index in [1.807, 2.05) is 0 Å². The molecular formula is C9H17N3O2S. The predicted molar refractivity (Wildman–Crippen MR) is 63.8 cm³/mol. The highest BCUT2D eigenvalue weighted by Crippen LogP contribution is 1.94. The van der Waals surface area contributed by atoms with Crippen LogP contribution >= 0.6 is 12.2 Å². The third-order valence-corrected chi connectivity index (χ3v) is 2.00. The molecule has 0 unspecified atom stereocenters. The van der Waals surface area contributed by atoms with Crippen LogP contribution in [0.25, 0.3) is 0 Å². The molecule has 15 heavy (non-hydrogen) atoms. The van der Waals surface area contributed by atoms with Crippen molar-refractivity contribution < 1.29 is 9.53 Å². The van der Waals surface area contributed by atoms with Crippen LogP contribution in [0, 0.1) is 0 Å². The molecule has 0 saturated heterocycles. The van der Waals surface area contributed by atoms with Gasteiger partial charge in [0, 0.05) is 19.8 Å². The Morgan fingerprint density at radius 1 is 1.60 bits per heavy atom. The normalized spacial score (nSPS) is 10.8. The highest BCUT2D eigenvalue weighted by molar-refractivity contribution is 7.80. The predicted octanol–water partition coefficient (Wildman–Crippen LogP) is 0.752. The van der Waals surface area contributed by atoms with Gasteiger partial charge in [-0.3, -0.25) is 4.79 Å². The molecule has 1 N–H and O–H groups in total. The second kappa shape index (κ2) is 7.17. The van der Waals surface area contributed by atoms with E-state index in [9.17, 15) is 4.79 Å². The Morgan fingerprint density at radius 3 is 2.67 bits per heavy atom. The van der Waals surface area contributed by atoms with E-state index in [-0.39, 0.29) is 12.4 Å². The lowest BCUT2D eigenvalue weighted by Crippen LogP contribution is -2.31. The number of thiocarbonyl (C=S) groups is 1. The summed E-state index contributed by atoms with van der Waals surface area (Å²) in [6, 6.07) is 0. The van der Waals surface area contributed by atoms with Crippen LogP contribution in [0.3, 0.4) is 0 Å². The zero-order valence-electron chi connectivity index (χ0n) is 9.53. The van der Waals surface area contributed by atoms with Gasteiger partial charge in [-0.2, -0.15) is 5.10 Å². The summed E-state index contributed by atoms with van der Waals surface area (Å²) in [5.41, 5.74) is 0.661. The van der Waals surface area contributed by atoms with Crippen LogP contribution in [0.4, 0.5) is 0 Å². The summed E-state index contributed by atoms with van der Waals surface area (Å²) in [5, 5.41) is 8.90. The number of hydrogen-bond acceptors (Lipinski definition) is 4. The summed E-state index contributed by atoms with van der Waals surface area (Å²) in [5.74, 6) is -0.275. The fraction of sp³-hybridized carbons (Fsp3) is 0.667. The van der Waals surface area contributed by atoms with Crippen molar-refractivity contribution in [3.05, 3.63) is 0 Å². The molecule has 0 aromatic rings. The molecule has 0 aromatic heterocycles. The first kappa shape index (κ1) is 13.8. The van der Waals surface area contributed by atoms with E-state index in [0.29, 0.717) is 17.4 Å². The summed E-state index contributed by atoms with van der Waals surface area (Å²) in [4.78, 5) is 11.1. The molecule has 0 amide bonds. The van der Waals surface area contributed by atoms with Gasteiger partial charge in [0.15, 0.2) is 5.11 Å². The number of carbonyl (C=O) groups is 1. The molecule has 0 atom stereocenters. The molecule has 6 heteroatoms. The number of carbonyl (C=O) groups excluding carboxylic acids is 1. The van der Waals surface area contributed by atoms with Crippen LogP contribution in [0.5, 0.6) is 0 Å². The molecule has 0 aliphatic rings. The molecule has 0 radical (unpaired) electrons. The van der Waals surface area contributed by atoms with Gasteiger partial charge in [0.05, 0.1) is 13.0 Å². The minimum absolute atomic E-state index is 0.185. The van der Waals surface area contributed by atoms with Crippen LogP contribution in [0.1, 0.15) is 20.3 Å². The van der Waals surface area contributed by atoms with Crippen molar-refractivity contribution in [2.45, 2.75) is 20.3 Å². The quantitative estimate of drug-likeness (QED) is 0.335. The Labute approximate surface area is 95.5 Å². The van der Waals surface area contributed by atoms with Crippen molar-refractivity contribution in [1.29, 1.82) is 0 Å². The molecule has 0 heterocycles. The van der Waals surface area contributed by atoms with Crippen LogP contribution in [0.2, 0.25) is 0 Å². The smallest absolute Gasteiger partial charge is 0.311 e. The fourth-order valence-electron chi connectivity index (χ4n) is 0.920. The Bertz CT molecular complexity index is 266. The topological polar surface area (TPSA) is 53.9 Å². The van der Waals surface area contributed by atoms with Gasteiger partial charge >= 0.3 is 5.97 Å². The van der Waals surface area contributed by atoms with Crippen LogP contribution in [-0.4, -0.2) is 42.5 Å². The standard InChI is InChI=1S/C9H17N3O2S/c1-5-14-8(13)6-7(2)11-12(4)9(15)10-3/h5-6H2,1-4H3,(H,10,15). The van der Waals surface area contributed by atoms with Gasteiger partial charge < -0.3 is 10.1 Å². The minimum Gasteiger partial charge on any atom is -0.466 e. The third kappa shape index (κ3) is 6.01. The number of hydrazone groups is 1. The maximum absolute atomic E-state index is 11.1. The zero-order chi connectivity index (χ0) is 11.8. The monoisotopic (exact) mass is 231 g/mol. The molecule has 0 spiro atoms. The summed E-state index contributed by atoms with van der Waals surface area (Å²) in [6.07, 6.45) is 0.185. The van der Waals surface area contributed by atoms with Crippen LogP contribution in [-0.2, 0) is 9.53 Å². The second-order valence-corrected chi connectivity index (χ2v) is 3.28. The Kier molecular flexibility index (Phi) is 6.61. The van der Waals surface area contributed by atoms with Gasteiger partial charge in [-0.15, -0.1) is 0 Å². The van der Waals surface area contributed by atoms with Crippen molar-refractivity contribution >= 4 is 29.0 Å². The lowest BCUT2D eigenvalue weighted by molar-refractivity contribution is -0.141. The molecule has 0 aromatic carbocycles. The number of nitrogens with one attached hydrogen (secondary N) is 1. The van der Waals surface area contributed by atoms with Crippen molar-refractivity contribution in [2.24, 2.45) is 5.10 Å². The van der Waals surface area contributed by atoms with Gasteiger partial charge in [0.25, 0.3) is 0 Å². The molecule has 0 rings (SSSR count). The third-order valence-electron chi connectivity index (χ3n) is 1.53. The van der Waals surface area contributed by atoms with Crippen LogP contribution < -0.4 is 5.32 Å². The van der Waals surface area contributed by atoms with E-state index in [1.165, 1.54) is 5.01 Å². The van der Waals surface area contributed by atoms with Gasteiger partial charge in [0.1, 0.15) is 0 Å².